The van der Waals surface area contributed by atoms with Crippen LogP contribution in [0.2, 0.25) is 0 Å². The number of carbonyl (C=O) groups is 2. The number of carbonyl (C=O) groups excluding carboxylic acids is 2. The maximum absolute atomic E-state index is 12.6. The molecule has 2 aliphatic rings. The highest BCUT2D eigenvalue weighted by Crippen LogP contribution is 2.47. The van der Waals surface area contributed by atoms with Crippen molar-refractivity contribution < 1.29 is 9.59 Å². The first-order chi connectivity index (χ1) is 10.9. The number of nitrogens with one attached hydrogen (secondary N) is 1. The van der Waals surface area contributed by atoms with E-state index in [-0.39, 0.29) is 36.2 Å². The third kappa shape index (κ3) is 3.28. The Morgan fingerprint density at radius 3 is 2.46 bits per heavy atom. The van der Waals surface area contributed by atoms with Gasteiger partial charge in [-0.05, 0) is 55.7 Å². The molecule has 132 valence electrons. The van der Waals surface area contributed by atoms with Crippen molar-refractivity contribution in [3.63, 3.8) is 0 Å². The molecule has 1 aromatic rings. The Morgan fingerprint density at radius 1 is 1.21 bits per heavy atom. The van der Waals surface area contributed by atoms with Gasteiger partial charge in [0.2, 0.25) is 5.91 Å². The number of rotatable bonds is 3. The van der Waals surface area contributed by atoms with Crippen LogP contribution in [0.15, 0.2) is 18.2 Å². The Labute approximate surface area is 149 Å². The van der Waals surface area contributed by atoms with Gasteiger partial charge in [-0.1, -0.05) is 6.07 Å². The van der Waals surface area contributed by atoms with Crippen molar-refractivity contribution in [1.82, 2.24) is 4.90 Å². The van der Waals surface area contributed by atoms with Gasteiger partial charge in [0.25, 0.3) is 5.91 Å². The molecule has 4 unspecified atom stereocenters. The van der Waals surface area contributed by atoms with Crippen molar-refractivity contribution in [2.45, 2.75) is 32.2 Å². The molecule has 0 radical (unpaired) electrons. The van der Waals surface area contributed by atoms with E-state index in [1.54, 1.807) is 25.1 Å². The summed E-state index contributed by atoms with van der Waals surface area (Å²) in [6, 6.07) is 5.45. The minimum Gasteiger partial charge on any atom is -0.345 e. The highest BCUT2D eigenvalue weighted by atomic mass is 35.5. The van der Waals surface area contributed by atoms with E-state index in [1.165, 1.54) is 0 Å². The number of nitrogens with two attached hydrogens (primary N) is 1. The zero-order valence-electron chi connectivity index (χ0n) is 14.4. The van der Waals surface area contributed by atoms with Crippen LogP contribution in [0.4, 0.5) is 5.69 Å². The fourth-order valence-corrected chi connectivity index (χ4v) is 4.12. The molecule has 3 rings (SSSR count). The van der Waals surface area contributed by atoms with Gasteiger partial charge in [0.15, 0.2) is 0 Å². The van der Waals surface area contributed by atoms with Crippen LogP contribution in [0.1, 0.15) is 35.2 Å². The lowest BCUT2D eigenvalue weighted by molar-refractivity contribution is -0.121. The van der Waals surface area contributed by atoms with E-state index in [9.17, 15) is 9.59 Å². The van der Waals surface area contributed by atoms with Gasteiger partial charge in [0, 0.05) is 31.4 Å². The van der Waals surface area contributed by atoms with E-state index < -0.39 is 0 Å². The lowest BCUT2D eigenvalue weighted by Crippen LogP contribution is -2.42. The third-order valence-electron chi connectivity index (χ3n) is 5.43. The summed E-state index contributed by atoms with van der Waals surface area (Å²) in [5, 5.41) is 2.97. The van der Waals surface area contributed by atoms with Crippen molar-refractivity contribution >= 4 is 29.9 Å². The van der Waals surface area contributed by atoms with E-state index >= 15 is 0 Å². The summed E-state index contributed by atoms with van der Waals surface area (Å²) in [7, 11) is 3.45. The van der Waals surface area contributed by atoms with E-state index in [1.807, 2.05) is 19.1 Å². The predicted molar refractivity (Wildman–Crippen MR) is 97.4 cm³/mol. The Bertz CT molecular complexity index is 645. The van der Waals surface area contributed by atoms with Gasteiger partial charge in [-0.3, -0.25) is 9.59 Å². The number of fused-ring (bicyclic) bond motifs is 2. The Balaban J connectivity index is 0.00000208. The number of nitrogens with zero attached hydrogens (tertiary/aromatic N) is 1. The summed E-state index contributed by atoms with van der Waals surface area (Å²) in [5.41, 5.74) is 8.42. The summed E-state index contributed by atoms with van der Waals surface area (Å²) in [6.07, 6.45) is 3.34. The number of amides is 2. The van der Waals surface area contributed by atoms with Crippen LogP contribution < -0.4 is 11.1 Å². The van der Waals surface area contributed by atoms with Gasteiger partial charge in [-0.2, -0.15) is 0 Å². The number of hydrogen-bond acceptors (Lipinski definition) is 3. The standard InChI is InChI=1S/C18H25N3O2.ClH/c1-10-4-7-13(9-14(10)18(23)21(2)3)20-17(22)15-11-5-6-12(8-11)16(15)19;/h4,7,9,11-12,15-16H,5-6,8,19H2,1-3H3,(H,20,22);1H. The van der Waals surface area contributed by atoms with Crippen LogP contribution in [0, 0.1) is 24.7 Å². The molecule has 2 bridgehead atoms. The summed E-state index contributed by atoms with van der Waals surface area (Å²) in [4.78, 5) is 26.4. The topological polar surface area (TPSA) is 75.4 Å². The smallest absolute Gasteiger partial charge is 0.253 e. The number of halogens is 1. The average Bonchev–Trinajstić information content (AvgIpc) is 3.09. The Kier molecular flexibility index (Phi) is 5.56. The second-order valence-corrected chi connectivity index (χ2v) is 7.15. The van der Waals surface area contributed by atoms with E-state index in [4.69, 9.17) is 5.73 Å². The molecular weight excluding hydrogens is 326 g/mol. The van der Waals surface area contributed by atoms with Crippen molar-refractivity contribution in [2.75, 3.05) is 19.4 Å². The number of hydrogen-bond donors (Lipinski definition) is 2. The molecule has 6 heteroatoms. The molecule has 2 fully saturated rings. The zero-order valence-corrected chi connectivity index (χ0v) is 15.2. The van der Waals surface area contributed by atoms with Gasteiger partial charge in [-0.15, -0.1) is 12.4 Å². The van der Waals surface area contributed by atoms with Crippen LogP contribution in [-0.2, 0) is 4.79 Å². The van der Waals surface area contributed by atoms with Crippen molar-refractivity contribution in [1.29, 1.82) is 0 Å². The first-order valence-electron chi connectivity index (χ1n) is 8.27. The summed E-state index contributed by atoms with van der Waals surface area (Å²) >= 11 is 0. The molecule has 4 atom stereocenters. The minimum atomic E-state index is -0.0944. The van der Waals surface area contributed by atoms with Gasteiger partial charge in [-0.25, -0.2) is 0 Å². The van der Waals surface area contributed by atoms with Crippen LogP contribution >= 0.6 is 12.4 Å². The molecule has 0 aliphatic heterocycles. The van der Waals surface area contributed by atoms with Gasteiger partial charge in [0.1, 0.15) is 0 Å². The van der Waals surface area contributed by atoms with Crippen LogP contribution in [0.25, 0.3) is 0 Å². The molecule has 2 aliphatic carbocycles. The minimum absolute atomic E-state index is 0. The van der Waals surface area contributed by atoms with Crippen LogP contribution in [-0.4, -0.2) is 36.9 Å². The van der Waals surface area contributed by atoms with Gasteiger partial charge >= 0.3 is 0 Å². The molecule has 2 amide bonds. The average molecular weight is 352 g/mol. The highest BCUT2D eigenvalue weighted by Gasteiger charge is 2.49. The van der Waals surface area contributed by atoms with E-state index in [2.05, 4.69) is 5.32 Å². The lowest BCUT2D eigenvalue weighted by atomic mass is 9.84. The fraction of sp³-hybridized carbons (Fsp3) is 0.556. The van der Waals surface area contributed by atoms with Gasteiger partial charge < -0.3 is 16.0 Å². The summed E-state index contributed by atoms with van der Waals surface area (Å²) < 4.78 is 0. The number of anilines is 1. The van der Waals surface area contributed by atoms with Crippen LogP contribution in [0.5, 0.6) is 0 Å². The first-order valence-corrected chi connectivity index (χ1v) is 8.27. The lowest BCUT2D eigenvalue weighted by Gasteiger charge is -2.27. The van der Waals surface area contributed by atoms with Crippen molar-refractivity contribution in [2.24, 2.45) is 23.5 Å². The Morgan fingerprint density at radius 2 is 1.88 bits per heavy atom. The molecular formula is C18H26ClN3O2. The second kappa shape index (κ2) is 7.11. The monoisotopic (exact) mass is 351 g/mol. The SMILES string of the molecule is Cc1ccc(NC(=O)C2C3CCC(C3)C2N)cc1C(=O)N(C)C.Cl. The van der Waals surface area contributed by atoms with Crippen molar-refractivity contribution in [3.8, 4) is 0 Å². The summed E-state index contributed by atoms with van der Waals surface area (Å²) in [5.74, 6) is 0.762. The molecule has 0 saturated heterocycles. The molecule has 0 aromatic heterocycles. The predicted octanol–water partition coefficient (Wildman–Crippen LogP) is 2.43. The number of benzene rings is 1. The second-order valence-electron chi connectivity index (χ2n) is 7.15. The molecule has 2 saturated carbocycles. The maximum atomic E-state index is 12.6. The molecule has 5 nitrogen and oxygen atoms in total. The molecule has 3 N–H and O–H groups in total. The largest absolute Gasteiger partial charge is 0.345 e. The normalized spacial score (nSPS) is 27.5. The fourth-order valence-electron chi connectivity index (χ4n) is 4.12. The van der Waals surface area contributed by atoms with Crippen molar-refractivity contribution in [3.05, 3.63) is 29.3 Å². The molecule has 24 heavy (non-hydrogen) atoms. The molecule has 0 spiro atoms. The maximum Gasteiger partial charge on any atom is 0.253 e. The van der Waals surface area contributed by atoms with E-state index in [0.717, 1.165) is 24.8 Å². The highest BCUT2D eigenvalue weighted by molar-refractivity contribution is 5.98. The summed E-state index contributed by atoms with van der Waals surface area (Å²) in [6.45, 7) is 1.90. The zero-order chi connectivity index (χ0) is 16.7. The third-order valence-corrected chi connectivity index (χ3v) is 5.43. The quantitative estimate of drug-likeness (QED) is 0.878. The molecule has 1 aromatic carbocycles. The first kappa shape index (κ1) is 18.7. The van der Waals surface area contributed by atoms with Crippen LogP contribution in [0.3, 0.4) is 0 Å². The number of aryl methyl sites for hydroxylation is 1. The van der Waals surface area contributed by atoms with E-state index in [0.29, 0.717) is 23.1 Å². The Hall–Kier alpha value is -1.59. The molecule has 0 heterocycles. The van der Waals surface area contributed by atoms with Gasteiger partial charge in [0.05, 0.1) is 5.92 Å².